The van der Waals surface area contributed by atoms with Crippen LogP contribution in [0.25, 0.3) is 11.5 Å². The summed E-state index contributed by atoms with van der Waals surface area (Å²) in [7, 11) is 3.09. The van der Waals surface area contributed by atoms with E-state index in [1.165, 1.54) is 13.2 Å². The Morgan fingerprint density at radius 3 is 2.33 bits per heavy atom. The molecule has 2 aromatic carbocycles. The molecule has 0 unspecified atom stereocenters. The molecule has 0 aliphatic carbocycles. The molecule has 186 valence electrons. The summed E-state index contributed by atoms with van der Waals surface area (Å²) < 4.78 is 21.1. The number of nitrogens with zero attached hydrogens (tertiary/aromatic N) is 1. The van der Waals surface area contributed by atoms with Crippen LogP contribution >= 0.6 is 0 Å². The molecule has 2 heterocycles. The van der Waals surface area contributed by atoms with Crippen molar-refractivity contribution in [3.63, 3.8) is 0 Å². The van der Waals surface area contributed by atoms with Crippen molar-refractivity contribution in [2.45, 2.75) is 26.3 Å². The number of carbonyl (C=O) groups excluding carboxylic acids is 2. The van der Waals surface area contributed by atoms with Crippen LogP contribution in [0.5, 0.6) is 11.7 Å². The summed E-state index contributed by atoms with van der Waals surface area (Å²) >= 11 is 0. The Hall–Kier alpha value is -4.53. The van der Waals surface area contributed by atoms with Crippen molar-refractivity contribution in [3.05, 3.63) is 83.4 Å². The van der Waals surface area contributed by atoms with Crippen molar-refractivity contribution in [1.29, 1.82) is 0 Å². The topological polar surface area (TPSA) is 116 Å². The van der Waals surface area contributed by atoms with Gasteiger partial charge in [0, 0.05) is 23.7 Å². The Labute approximate surface area is 208 Å². The lowest BCUT2D eigenvalue weighted by Gasteiger charge is -2.06. The summed E-state index contributed by atoms with van der Waals surface area (Å²) in [5, 5.41) is 5.66. The van der Waals surface area contributed by atoms with E-state index in [2.05, 4.69) is 15.6 Å². The van der Waals surface area contributed by atoms with Gasteiger partial charge in [-0.3, -0.25) is 9.59 Å². The van der Waals surface area contributed by atoms with E-state index >= 15 is 0 Å². The molecule has 0 radical (unpaired) electrons. The van der Waals surface area contributed by atoms with E-state index in [-0.39, 0.29) is 30.1 Å². The third-order valence-electron chi connectivity index (χ3n) is 5.53. The number of aromatic nitrogens is 1. The smallest absolute Gasteiger partial charge is 0.287 e. The number of carbonyl (C=O) groups is 2. The molecule has 0 bridgehead atoms. The Morgan fingerprint density at radius 2 is 1.67 bits per heavy atom. The van der Waals surface area contributed by atoms with Gasteiger partial charge in [-0.1, -0.05) is 12.1 Å². The van der Waals surface area contributed by atoms with Gasteiger partial charge in [0.1, 0.15) is 17.2 Å². The van der Waals surface area contributed by atoms with Crippen LogP contribution in [-0.2, 0) is 17.8 Å². The fourth-order valence-corrected chi connectivity index (χ4v) is 3.49. The van der Waals surface area contributed by atoms with Gasteiger partial charge in [0.05, 0.1) is 20.8 Å². The molecule has 0 fully saturated rings. The highest BCUT2D eigenvalue weighted by molar-refractivity contribution is 5.91. The van der Waals surface area contributed by atoms with Crippen LogP contribution in [0.1, 0.15) is 34.0 Å². The maximum atomic E-state index is 12.3. The van der Waals surface area contributed by atoms with E-state index in [4.69, 9.17) is 18.3 Å². The quantitative estimate of drug-likeness (QED) is 0.330. The fraction of sp³-hybridized carbons (Fsp3) is 0.222. The standard InChI is InChI=1S/C27H27N3O6/c1-17-22(16-28-26(32)23-13-15-25(34-3)36-23)30-27(35-17)19-7-9-20(10-8-19)29-24(31)14-6-18-4-11-21(33-2)12-5-18/h4-5,7-13,15H,6,14,16H2,1-3H3,(H,28,32)(H,29,31). The molecule has 0 aliphatic heterocycles. The van der Waals surface area contributed by atoms with E-state index in [0.717, 1.165) is 16.9 Å². The van der Waals surface area contributed by atoms with Gasteiger partial charge in [-0.2, -0.15) is 0 Å². The molecule has 0 aliphatic rings. The number of amides is 2. The second-order valence-corrected chi connectivity index (χ2v) is 8.00. The first-order chi connectivity index (χ1) is 17.4. The first-order valence-electron chi connectivity index (χ1n) is 11.4. The minimum Gasteiger partial charge on any atom is -0.497 e. The van der Waals surface area contributed by atoms with Crippen molar-refractivity contribution < 1.29 is 27.9 Å². The number of hydrogen-bond donors (Lipinski definition) is 2. The predicted octanol–water partition coefficient (Wildman–Crippen LogP) is 4.76. The number of rotatable bonds is 10. The SMILES string of the molecule is COc1ccc(CCC(=O)Nc2ccc(-c3nc(CNC(=O)c4ccc(OC)o4)c(C)o3)cc2)cc1. The van der Waals surface area contributed by atoms with Crippen LogP contribution in [0.2, 0.25) is 0 Å². The maximum Gasteiger partial charge on any atom is 0.287 e. The molecule has 2 N–H and O–H groups in total. The summed E-state index contributed by atoms with van der Waals surface area (Å²) in [5.74, 6) is 1.77. The first kappa shape index (κ1) is 24.6. The van der Waals surface area contributed by atoms with Crippen molar-refractivity contribution in [1.82, 2.24) is 10.3 Å². The average molecular weight is 490 g/mol. The van der Waals surface area contributed by atoms with Crippen molar-refractivity contribution >= 4 is 17.5 Å². The number of ether oxygens (including phenoxy) is 2. The molecule has 2 amide bonds. The fourth-order valence-electron chi connectivity index (χ4n) is 3.49. The predicted molar refractivity (Wildman–Crippen MR) is 133 cm³/mol. The van der Waals surface area contributed by atoms with Gasteiger partial charge in [-0.05, 0) is 61.4 Å². The van der Waals surface area contributed by atoms with Gasteiger partial charge < -0.3 is 28.9 Å². The first-order valence-corrected chi connectivity index (χ1v) is 11.4. The van der Waals surface area contributed by atoms with Crippen LogP contribution in [0.4, 0.5) is 5.69 Å². The van der Waals surface area contributed by atoms with E-state index in [9.17, 15) is 9.59 Å². The van der Waals surface area contributed by atoms with E-state index in [0.29, 0.717) is 35.9 Å². The maximum absolute atomic E-state index is 12.3. The zero-order valence-corrected chi connectivity index (χ0v) is 20.3. The third-order valence-corrected chi connectivity index (χ3v) is 5.53. The number of oxazole rings is 1. The van der Waals surface area contributed by atoms with Crippen LogP contribution < -0.4 is 20.1 Å². The zero-order chi connectivity index (χ0) is 25.5. The molecule has 0 spiro atoms. The van der Waals surface area contributed by atoms with Crippen LogP contribution in [0, 0.1) is 6.92 Å². The van der Waals surface area contributed by atoms with Gasteiger partial charge in [-0.15, -0.1) is 0 Å². The number of furan rings is 1. The Kier molecular flexibility index (Phi) is 7.69. The molecule has 36 heavy (non-hydrogen) atoms. The molecule has 0 saturated carbocycles. The Morgan fingerprint density at radius 1 is 0.917 bits per heavy atom. The van der Waals surface area contributed by atoms with Gasteiger partial charge in [0.25, 0.3) is 11.9 Å². The number of anilines is 1. The van der Waals surface area contributed by atoms with Crippen molar-refractivity contribution in [3.8, 4) is 23.1 Å². The number of hydrogen-bond acceptors (Lipinski definition) is 7. The molecule has 2 aromatic heterocycles. The van der Waals surface area contributed by atoms with E-state index < -0.39 is 0 Å². The number of benzene rings is 2. The normalized spacial score (nSPS) is 10.6. The highest BCUT2D eigenvalue weighted by Crippen LogP contribution is 2.24. The Balaban J connectivity index is 1.30. The number of aryl methyl sites for hydroxylation is 2. The molecular formula is C27H27N3O6. The minimum atomic E-state index is -0.380. The van der Waals surface area contributed by atoms with E-state index in [1.54, 1.807) is 32.2 Å². The molecule has 0 saturated heterocycles. The zero-order valence-electron chi connectivity index (χ0n) is 20.3. The summed E-state index contributed by atoms with van der Waals surface area (Å²) in [5.41, 5.74) is 3.11. The largest absolute Gasteiger partial charge is 0.497 e. The average Bonchev–Trinajstić information content (AvgIpc) is 3.53. The van der Waals surface area contributed by atoms with Gasteiger partial charge in [-0.25, -0.2) is 4.98 Å². The Bertz CT molecular complexity index is 1320. The van der Waals surface area contributed by atoms with Crippen molar-refractivity contribution in [2.24, 2.45) is 0 Å². The summed E-state index contributed by atoms with van der Waals surface area (Å²) in [6, 6.07) is 18.0. The lowest BCUT2D eigenvalue weighted by molar-refractivity contribution is -0.116. The summed E-state index contributed by atoms with van der Waals surface area (Å²) in [6.45, 7) is 1.96. The van der Waals surface area contributed by atoms with Gasteiger partial charge in [0.15, 0.2) is 5.76 Å². The summed E-state index contributed by atoms with van der Waals surface area (Å²) in [4.78, 5) is 29.1. The van der Waals surface area contributed by atoms with Gasteiger partial charge in [0.2, 0.25) is 11.8 Å². The number of nitrogens with one attached hydrogen (secondary N) is 2. The third kappa shape index (κ3) is 6.12. The monoisotopic (exact) mass is 489 g/mol. The summed E-state index contributed by atoms with van der Waals surface area (Å²) in [6.07, 6.45) is 1.00. The highest BCUT2D eigenvalue weighted by atomic mass is 16.6. The molecule has 9 heteroatoms. The molecule has 0 atom stereocenters. The second kappa shape index (κ2) is 11.3. The molecular weight excluding hydrogens is 462 g/mol. The highest BCUT2D eigenvalue weighted by Gasteiger charge is 2.15. The van der Waals surface area contributed by atoms with Crippen LogP contribution in [0.15, 0.2) is 69.5 Å². The molecule has 4 aromatic rings. The van der Waals surface area contributed by atoms with Crippen molar-refractivity contribution in [2.75, 3.05) is 19.5 Å². The lowest BCUT2D eigenvalue weighted by atomic mass is 10.1. The number of methoxy groups -OCH3 is 2. The van der Waals surface area contributed by atoms with Gasteiger partial charge >= 0.3 is 0 Å². The lowest BCUT2D eigenvalue weighted by Crippen LogP contribution is -2.22. The minimum absolute atomic E-state index is 0.0715. The van der Waals surface area contributed by atoms with Crippen LogP contribution in [-0.4, -0.2) is 31.0 Å². The van der Waals surface area contributed by atoms with Crippen LogP contribution in [0.3, 0.4) is 0 Å². The van der Waals surface area contributed by atoms with E-state index in [1.807, 2.05) is 36.4 Å². The molecule has 4 rings (SSSR count). The second-order valence-electron chi connectivity index (χ2n) is 8.00. The molecule has 9 nitrogen and oxygen atoms in total.